The Bertz CT molecular complexity index is 870. The van der Waals surface area contributed by atoms with Gasteiger partial charge in [0.2, 0.25) is 10.0 Å². The molecule has 0 bridgehead atoms. The number of rotatable bonds is 9. The van der Waals surface area contributed by atoms with E-state index in [0.29, 0.717) is 23.7 Å². The molecule has 0 aliphatic rings. The van der Waals surface area contributed by atoms with Crippen LogP contribution in [0.4, 0.5) is 0 Å². The highest BCUT2D eigenvalue weighted by atomic mass is 35.5. The second-order valence-electron chi connectivity index (χ2n) is 6.06. The summed E-state index contributed by atoms with van der Waals surface area (Å²) in [4.78, 5) is 12.0. The van der Waals surface area contributed by atoms with Gasteiger partial charge in [-0.15, -0.1) is 0 Å². The fourth-order valence-corrected chi connectivity index (χ4v) is 3.70. The Morgan fingerprint density at radius 3 is 2.44 bits per heavy atom. The van der Waals surface area contributed by atoms with Crippen molar-refractivity contribution >= 4 is 27.5 Å². The molecule has 6 nitrogen and oxygen atoms in total. The van der Waals surface area contributed by atoms with E-state index in [1.54, 1.807) is 13.0 Å². The van der Waals surface area contributed by atoms with Crippen molar-refractivity contribution in [3.8, 4) is 5.75 Å². The molecule has 0 fully saturated rings. The largest absolute Gasteiger partial charge is 0.484 e. The topological polar surface area (TPSA) is 84.5 Å². The van der Waals surface area contributed by atoms with Crippen LogP contribution in [0.1, 0.15) is 25.8 Å². The highest BCUT2D eigenvalue weighted by Gasteiger charge is 2.16. The summed E-state index contributed by atoms with van der Waals surface area (Å²) in [6.07, 6.45) is 0.698. The van der Waals surface area contributed by atoms with Crippen molar-refractivity contribution in [3.63, 3.8) is 0 Å². The molecule has 2 rings (SSSR count). The lowest BCUT2D eigenvalue weighted by Crippen LogP contribution is -2.32. The molecule has 2 N–H and O–H groups in total. The van der Waals surface area contributed by atoms with E-state index in [2.05, 4.69) is 10.0 Å². The first-order valence-electron chi connectivity index (χ1n) is 8.57. The molecule has 27 heavy (non-hydrogen) atoms. The van der Waals surface area contributed by atoms with Crippen LogP contribution in [0, 0.1) is 0 Å². The van der Waals surface area contributed by atoms with Crippen LogP contribution in [0.2, 0.25) is 5.02 Å². The van der Waals surface area contributed by atoms with Crippen molar-refractivity contribution < 1.29 is 17.9 Å². The molecule has 0 spiro atoms. The molecular formula is C19H23ClN2O4S. The van der Waals surface area contributed by atoms with E-state index >= 15 is 0 Å². The SMILES string of the molecule is CC[C@H](C)NS(=O)(=O)c1ccc(OCC(=O)NCc2ccccc2Cl)cc1. The van der Waals surface area contributed by atoms with Crippen molar-refractivity contribution in [1.29, 1.82) is 0 Å². The summed E-state index contributed by atoms with van der Waals surface area (Å²) in [6.45, 7) is 3.83. The highest BCUT2D eigenvalue weighted by Crippen LogP contribution is 2.17. The number of halogens is 1. The number of sulfonamides is 1. The number of hydrogen-bond donors (Lipinski definition) is 2. The summed E-state index contributed by atoms with van der Waals surface area (Å²) in [5.74, 6) is 0.107. The third kappa shape index (κ3) is 6.53. The van der Waals surface area contributed by atoms with Gasteiger partial charge in [-0.25, -0.2) is 13.1 Å². The average molecular weight is 411 g/mol. The van der Waals surface area contributed by atoms with E-state index < -0.39 is 10.0 Å². The molecular weight excluding hydrogens is 388 g/mol. The van der Waals surface area contributed by atoms with Gasteiger partial charge in [-0.3, -0.25) is 4.79 Å². The van der Waals surface area contributed by atoms with E-state index in [-0.39, 0.29) is 23.5 Å². The summed E-state index contributed by atoms with van der Waals surface area (Å²) in [6, 6.07) is 13.0. The number of ether oxygens (including phenoxy) is 1. The molecule has 146 valence electrons. The molecule has 0 saturated carbocycles. The van der Waals surface area contributed by atoms with Crippen LogP contribution in [0.15, 0.2) is 53.4 Å². The zero-order valence-corrected chi connectivity index (χ0v) is 16.8. The Kier molecular flexibility index (Phi) is 7.65. The van der Waals surface area contributed by atoms with Crippen molar-refractivity contribution in [3.05, 3.63) is 59.1 Å². The number of benzene rings is 2. The highest BCUT2D eigenvalue weighted by molar-refractivity contribution is 7.89. The van der Waals surface area contributed by atoms with Gasteiger partial charge in [-0.1, -0.05) is 36.7 Å². The van der Waals surface area contributed by atoms with Gasteiger partial charge in [-0.2, -0.15) is 0 Å². The molecule has 0 aliphatic heterocycles. The van der Waals surface area contributed by atoms with Crippen LogP contribution >= 0.6 is 11.6 Å². The van der Waals surface area contributed by atoms with Crippen LogP contribution in [-0.2, 0) is 21.4 Å². The number of amides is 1. The normalized spacial score (nSPS) is 12.4. The molecule has 1 atom stereocenters. The van der Waals surface area contributed by atoms with E-state index in [1.165, 1.54) is 24.3 Å². The van der Waals surface area contributed by atoms with Gasteiger partial charge in [0.1, 0.15) is 5.75 Å². The Labute approximate surface area is 164 Å². The van der Waals surface area contributed by atoms with E-state index in [1.807, 2.05) is 25.1 Å². The number of carbonyl (C=O) groups is 1. The van der Waals surface area contributed by atoms with Gasteiger partial charge < -0.3 is 10.1 Å². The lowest BCUT2D eigenvalue weighted by atomic mass is 10.2. The van der Waals surface area contributed by atoms with Crippen molar-refractivity contribution in [2.24, 2.45) is 0 Å². The third-order valence-electron chi connectivity index (χ3n) is 3.91. The first-order valence-corrected chi connectivity index (χ1v) is 10.4. The average Bonchev–Trinajstić information content (AvgIpc) is 2.65. The first-order chi connectivity index (χ1) is 12.8. The zero-order valence-electron chi connectivity index (χ0n) is 15.2. The van der Waals surface area contributed by atoms with E-state index in [9.17, 15) is 13.2 Å². The molecule has 0 aliphatic carbocycles. The maximum Gasteiger partial charge on any atom is 0.258 e. The van der Waals surface area contributed by atoms with Crippen molar-refractivity contribution in [1.82, 2.24) is 10.0 Å². The van der Waals surface area contributed by atoms with E-state index in [4.69, 9.17) is 16.3 Å². The Morgan fingerprint density at radius 1 is 1.15 bits per heavy atom. The molecule has 0 saturated heterocycles. The van der Waals surface area contributed by atoms with Crippen LogP contribution in [-0.4, -0.2) is 27.0 Å². The Hall–Kier alpha value is -2.09. The second-order valence-corrected chi connectivity index (χ2v) is 8.18. The van der Waals surface area contributed by atoms with Crippen LogP contribution in [0.25, 0.3) is 0 Å². The fraction of sp³-hybridized carbons (Fsp3) is 0.316. The minimum atomic E-state index is -3.56. The van der Waals surface area contributed by atoms with Gasteiger partial charge >= 0.3 is 0 Å². The van der Waals surface area contributed by atoms with Crippen LogP contribution in [0.5, 0.6) is 5.75 Å². The lowest BCUT2D eigenvalue weighted by molar-refractivity contribution is -0.123. The van der Waals surface area contributed by atoms with Gasteiger partial charge in [0, 0.05) is 17.6 Å². The molecule has 8 heteroatoms. The minimum absolute atomic E-state index is 0.146. The quantitative estimate of drug-likeness (QED) is 0.665. The molecule has 0 heterocycles. The smallest absolute Gasteiger partial charge is 0.258 e. The first kappa shape index (κ1) is 21.2. The van der Waals surface area contributed by atoms with Gasteiger partial charge in [-0.05, 0) is 49.2 Å². The molecule has 0 radical (unpaired) electrons. The molecule has 2 aromatic rings. The standard InChI is InChI=1S/C19H23ClN2O4S/c1-3-14(2)22-27(24,25)17-10-8-16(9-11-17)26-13-19(23)21-12-15-6-4-5-7-18(15)20/h4-11,14,22H,3,12-13H2,1-2H3,(H,21,23)/t14-/m0/s1. The second kappa shape index (κ2) is 9.73. The maximum atomic E-state index is 12.2. The van der Waals surface area contributed by atoms with Gasteiger partial charge in [0.25, 0.3) is 5.91 Å². The summed E-state index contributed by atoms with van der Waals surface area (Å²) in [5.41, 5.74) is 0.816. The number of hydrogen-bond acceptors (Lipinski definition) is 4. The molecule has 2 aromatic carbocycles. The Balaban J connectivity index is 1.86. The predicted octanol–water partition coefficient (Wildman–Crippen LogP) is 3.11. The summed E-state index contributed by atoms with van der Waals surface area (Å²) < 4.78 is 32.4. The minimum Gasteiger partial charge on any atom is -0.484 e. The fourth-order valence-electron chi connectivity index (χ4n) is 2.17. The third-order valence-corrected chi connectivity index (χ3v) is 5.88. The summed E-state index contributed by atoms with van der Waals surface area (Å²) in [7, 11) is -3.56. The van der Waals surface area contributed by atoms with Gasteiger partial charge in [0.05, 0.1) is 4.90 Å². The summed E-state index contributed by atoms with van der Waals surface area (Å²) >= 11 is 6.04. The summed E-state index contributed by atoms with van der Waals surface area (Å²) in [5, 5.41) is 3.30. The molecule has 0 aromatic heterocycles. The number of nitrogens with one attached hydrogen (secondary N) is 2. The van der Waals surface area contributed by atoms with E-state index in [0.717, 1.165) is 5.56 Å². The van der Waals surface area contributed by atoms with Gasteiger partial charge in [0.15, 0.2) is 6.61 Å². The van der Waals surface area contributed by atoms with Crippen molar-refractivity contribution in [2.75, 3.05) is 6.61 Å². The van der Waals surface area contributed by atoms with Crippen molar-refractivity contribution in [2.45, 2.75) is 37.8 Å². The predicted molar refractivity (Wildman–Crippen MR) is 105 cm³/mol. The Morgan fingerprint density at radius 2 is 1.81 bits per heavy atom. The molecule has 1 amide bonds. The maximum absolute atomic E-state index is 12.2. The molecule has 0 unspecified atom stereocenters. The van der Waals surface area contributed by atoms with Crippen LogP contribution < -0.4 is 14.8 Å². The number of carbonyl (C=O) groups excluding carboxylic acids is 1. The lowest BCUT2D eigenvalue weighted by Gasteiger charge is -2.12. The monoisotopic (exact) mass is 410 g/mol. The van der Waals surface area contributed by atoms with Crippen LogP contribution in [0.3, 0.4) is 0 Å². The zero-order chi connectivity index (χ0) is 19.9.